The zero-order valence-corrected chi connectivity index (χ0v) is 6.79. The normalized spacial score (nSPS) is 30.4. The Balaban J connectivity index is 2.31. The van der Waals surface area contributed by atoms with Gasteiger partial charge in [-0.1, -0.05) is 0 Å². The number of amides is 1. The number of ether oxygens (including phenoxy) is 1. The number of rotatable bonds is 2. The third kappa shape index (κ3) is 2.17. The third-order valence-corrected chi connectivity index (χ3v) is 1.73. The van der Waals surface area contributed by atoms with Gasteiger partial charge in [0.25, 0.3) is 5.91 Å². The Morgan fingerprint density at radius 3 is 2.82 bits per heavy atom. The summed E-state index contributed by atoms with van der Waals surface area (Å²) in [7, 11) is 1.41. The van der Waals surface area contributed by atoms with E-state index in [1.54, 1.807) is 0 Å². The van der Waals surface area contributed by atoms with E-state index < -0.39 is 0 Å². The van der Waals surface area contributed by atoms with Crippen molar-refractivity contribution in [1.29, 1.82) is 0 Å². The molecule has 4 heteroatoms. The van der Waals surface area contributed by atoms with Crippen LogP contribution in [-0.4, -0.2) is 25.2 Å². The van der Waals surface area contributed by atoms with Crippen molar-refractivity contribution in [2.45, 2.75) is 32.0 Å². The van der Waals surface area contributed by atoms with Crippen molar-refractivity contribution in [1.82, 2.24) is 5.48 Å². The molecule has 0 aromatic heterocycles. The molecule has 1 saturated heterocycles. The molecule has 64 valence electrons. The van der Waals surface area contributed by atoms with Crippen LogP contribution in [0.25, 0.3) is 0 Å². The maximum atomic E-state index is 11.0. The first-order chi connectivity index (χ1) is 5.24. The molecule has 1 aliphatic heterocycles. The Labute approximate surface area is 65.8 Å². The van der Waals surface area contributed by atoms with Gasteiger partial charge in [-0.25, -0.2) is 5.48 Å². The average Bonchev–Trinajstić information content (AvgIpc) is 2.36. The maximum Gasteiger partial charge on any atom is 0.272 e. The zero-order chi connectivity index (χ0) is 8.27. The summed E-state index contributed by atoms with van der Waals surface area (Å²) in [6.45, 7) is 1.96. The molecule has 0 bridgehead atoms. The van der Waals surface area contributed by atoms with Gasteiger partial charge in [-0.05, 0) is 19.8 Å². The summed E-state index contributed by atoms with van der Waals surface area (Å²) in [6, 6.07) is 0. The van der Waals surface area contributed by atoms with Crippen molar-refractivity contribution in [2.24, 2.45) is 0 Å². The van der Waals surface area contributed by atoms with Crippen LogP contribution in [0.15, 0.2) is 0 Å². The third-order valence-electron chi connectivity index (χ3n) is 1.73. The quantitative estimate of drug-likeness (QED) is 0.587. The summed E-state index contributed by atoms with van der Waals surface area (Å²) >= 11 is 0. The molecule has 1 rings (SSSR count). The second kappa shape index (κ2) is 3.69. The summed E-state index contributed by atoms with van der Waals surface area (Å²) in [5.74, 6) is -0.183. The molecular formula is C7H13NO3. The van der Waals surface area contributed by atoms with Crippen LogP contribution >= 0.6 is 0 Å². The highest BCUT2D eigenvalue weighted by Crippen LogP contribution is 2.18. The number of carbonyl (C=O) groups is 1. The predicted molar refractivity (Wildman–Crippen MR) is 38.7 cm³/mol. The molecule has 11 heavy (non-hydrogen) atoms. The molecule has 0 radical (unpaired) electrons. The van der Waals surface area contributed by atoms with E-state index in [2.05, 4.69) is 10.3 Å². The Kier molecular flexibility index (Phi) is 2.84. The van der Waals surface area contributed by atoms with E-state index in [0.29, 0.717) is 0 Å². The first kappa shape index (κ1) is 8.49. The number of nitrogens with one attached hydrogen (secondary N) is 1. The predicted octanol–water partition coefficient (Wildman–Crippen LogP) is 0.231. The maximum absolute atomic E-state index is 11.0. The average molecular weight is 159 g/mol. The van der Waals surface area contributed by atoms with E-state index in [1.165, 1.54) is 7.11 Å². The monoisotopic (exact) mass is 159 g/mol. The van der Waals surface area contributed by atoms with Crippen LogP contribution in [0.4, 0.5) is 0 Å². The van der Waals surface area contributed by atoms with Crippen LogP contribution in [-0.2, 0) is 14.4 Å². The summed E-state index contributed by atoms with van der Waals surface area (Å²) in [5, 5.41) is 0. The molecule has 1 heterocycles. The van der Waals surface area contributed by atoms with Gasteiger partial charge in [0.2, 0.25) is 0 Å². The highest BCUT2D eigenvalue weighted by molar-refractivity contribution is 5.79. The lowest BCUT2D eigenvalue weighted by atomic mass is 10.2. The van der Waals surface area contributed by atoms with E-state index in [1.807, 2.05) is 6.92 Å². The number of carbonyl (C=O) groups excluding carboxylic acids is 1. The van der Waals surface area contributed by atoms with Crippen molar-refractivity contribution < 1.29 is 14.4 Å². The largest absolute Gasteiger partial charge is 0.365 e. The minimum absolute atomic E-state index is 0.183. The molecule has 2 atom stereocenters. The minimum Gasteiger partial charge on any atom is -0.365 e. The highest BCUT2D eigenvalue weighted by Gasteiger charge is 2.27. The van der Waals surface area contributed by atoms with Crippen LogP contribution in [0, 0.1) is 0 Å². The van der Waals surface area contributed by atoms with Crippen molar-refractivity contribution in [3.05, 3.63) is 0 Å². The molecule has 1 aliphatic rings. The van der Waals surface area contributed by atoms with Gasteiger partial charge in [-0.15, -0.1) is 0 Å². The summed E-state index contributed by atoms with van der Waals surface area (Å²) in [4.78, 5) is 15.5. The molecule has 2 unspecified atom stereocenters. The second-order valence-electron chi connectivity index (χ2n) is 2.68. The fourth-order valence-corrected chi connectivity index (χ4v) is 1.16. The van der Waals surface area contributed by atoms with Gasteiger partial charge in [0.05, 0.1) is 13.2 Å². The lowest BCUT2D eigenvalue weighted by Crippen LogP contribution is -2.33. The zero-order valence-electron chi connectivity index (χ0n) is 6.79. The van der Waals surface area contributed by atoms with Crippen molar-refractivity contribution >= 4 is 5.91 Å². The van der Waals surface area contributed by atoms with Gasteiger partial charge in [-0.2, -0.15) is 0 Å². The smallest absolute Gasteiger partial charge is 0.272 e. The van der Waals surface area contributed by atoms with Gasteiger partial charge in [0.15, 0.2) is 0 Å². The summed E-state index contributed by atoms with van der Waals surface area (Å²) in [6.07, 6.45) is 1.62. The van der Waals surface area contributed by atoms with Crippen molar-refractivity contribution in [3.8, 4) is 0 Å². The SMILES string of the molecule is CONC(=O)C1CCC(C)O1. The number of hydroxylamine groups is 1. The Hall–Kier alpha value is -0.610. The summed E-state index contributed by atoms with van der Waals surface area (Å²) < 4.78 is 5.28. The van der Waals surface area contributed by atoms with Crippen LogP contribution in [0.1, 0.15) is 19.8 Å². The first-order valence-electron chi connectivity index (χ1n) is 3.72. The van der Waals surface area contributed by atoms with Gasteiger partial charge in [0, 0.05) is 0 Å². The lowest BCUT2D eigenvalue weighted by molar-refractivity contribution is -0.142. The van der Waals surface area contributed by atoms with E-state index in [0.717, 1.165) is 12.8 Å². The van der Waals surface area contributed by atoms with Crippen LogP contribution in [0.3, 0.4) is 0 Å². The van der Waals surface area contributed by atoms with E-state index in [4.69, 9.17) is 4.74 Å². The van der Waals surface area contributed by atoms with Gasteiger partial charge in [0.1, 0.15) is 6.10 Å². The van der Waals surface area contributed by atoms with E-state index >= 15 is 0 Å². The van der Waals surface area contributed by atoms with Gasteiger partial charge < -0.3 is 4.74 Å². The van der Waals surface area contributed by atoms with Crippen LogP contribution < -0.4 is 5.48 Å². The molecule has 0 saturated carbocycles. The molecule has 1 N–H and O–H groups in total. The van der Waals surface area contributed by atoms with E-state index in [-0.39, 0.29) is 18.1 Å². The molecular weight excluding hydrogens is 146 g/mol. The fourth-order valence-electron chi connectivity index (χ4n) is 1.16. The lowest BCUT2D eigenvalue weighted by Gasteiger charge is -2.09. The standard InChI is InChI=1S/C7H13NO3/c1-5-3-4-6(11-5)7(9)8-10-2/h5-6H,3-4H2,1-2H3,(H,8,9). The van der Waals surface area contributed by atoms with Crippen molar-refractivity contribution in [2.75, 3.05) is 7.11 Å². The van der Waals surface area contributed by atoms with Crippen LogP contribution in [0.2, 0.25) is 0 Å². The van der Waals surface area contributed by atoms with Gasteiger partial charge in [-0.3, -0.25) is 9.63 Å². The molecule has 0 aromatic rings. The fraction of sp³-hybridized carbons (Fsp3) is 0.857. The van der Waals surface area contributed by atoms with E-state index in [9.17, 15) is 4.79 Å². The van der Waals surface area contributed by atoms with Crippen LogP contribution in [0.5, 0.6) is 0 Å². The number of hydrogen-bond acceptors (Lipinski definition) is 3. The molecule has 4 nitrogen and oxygen atoms in total. The Morgan fingerprint density at radius 2 is 2.36 bits per heavy atom. The highest BCUT2D eigenvalue weighted by atomic mass is 16.6. The first-order valence-corrected chi connectivity index (χ1v) is 3.72. The molecule has 0 aliphatic carbocycles. The molecule has 1 amide bonds. The minimum atomic E-state index is -0.315. The van der Waals surface area contributed by atoms with Crippen molar-refractivity contribution in [3.63, 3.8) is 0 Å². The Morgan fingerprint density at radius 1 is 1.64 bits per heavy atom. The molecule has 0 spiro atoms. The topological polar surface area (TPSA) is 47.6 Å². The molecule has 1 fully saturated rings. The number of hydrogen-bond donors (Lipinski definition) is 1. The van der Waals surface area contributed by atoms with Gasteiger partial charge >= 0.3 is 0 Å². The molecule has 0 aromatic carbocycles. The summed E-state index contributed by atoms with van der Waals surface area (Å²) in [5.41, 5.74) is 2.24. The second-order valence-corrected chi connectivity index (χ2v) is 2.68. The Bertz CT molecular complexity index is 149.